The number of rotatable bonds is 10. The third kappa shape index (κ3) is 8.69. The van der Waals surface area contributed by atoms with Crippen molar-refractivity contribution in [3.05, 3.63) is 34.9 Å². The predicted molar refractivity (Wildman–Crippen MR) is 132 cm³/mol. The Labute approximate surface area is 204 Å². The van der Waals surface area contributed by atoms with Gasteiger partial charge in [-0.05, 0) is 63.6 Å². The van der Waals surface area contributed by atoms with Crippen LogP contribution in [0.4, 0.5) is 4.79 Å². The van der Waals surface area contributed by atoms with Gasteiger partial charge in [0.2, 0.25) is 11.8 Å². The number of ether oxygens (including phenoxy) is 1. The van der Waals surface area contributed by atoms with E-state index in [4.69, 9.17) is 4.74 Å². The second-order valence-corrected chi connectivity index (χ2v) is 9.88. The van der Waals surface area contributed by atoms with Gasteiger partial charge in [0.15, 0.2) is 0 Å². The molecule has 1 aromatic rings. The maximum Gasteiger partial charge on any atom is 0.408 e. The standard InChI is InChI=1S/C26H40N4O4/c1-9-10-14-28-23(31)22(20-12-11-18(4)19(5)16-20)30(15-13-27)24(32)21(17(2)3)29-25(33)34-26(6,7)8/h11-12,16-17,21-22H,9-10,14-15H2,1-8H3,(H,28,31)(H,29,33). The number of aryl methyl sites for hydroxylation is 2. The second-order valence-electron chi connectivity index (χ2n) is 9.88. The summed E-state index contributed by atoms with van der Waals surface area (Å²) in [4.78, 5) is 40.7. The van der Waals surface area contributed by atoms with Gasteiger partial charge in [-0.3, -0.25) is 9.59 Å². The molecule has 2 unspecified atom stereocenters. The van der Waals surface area contributed by atoms with Gasteiger partial charge in [0, 0.05) is 6.54 Å². The summed E-state index contributed by atoms with van der Waals surface area (Å²) in [6, 6.07) is 5.59. The van der Waals surface area contributed by atoms with E-state index < -0.39 is 29.7 Å². The number of unbranched alkanes of at least 4 members (excludes halogenated alkanes) is 1. The number of hydrogen-bond acceptors (Lipinski definition) is 5. The summed E-state index contributed by atoms with van der Waals surface area (Å²) >= 11 is 0. The number of nitrogens with one attached hydrogen (secondary N) is 2. The number of benzene rings is 1. The molecule has 2 N–H and O–H groups in total. The van der Waals surface area contributed by atoms with Gasteiger partial charge in [-0.25, -0.2) is 4.79 Å². The molecule has 0 radical (unpaired) electrons. The number of carbonyl (C=O) groups excluding carboxylic acids is 3. The number of carbonyl (C=O) groups is 3. The zero-order valence-corrected chi connectivity index (χ0v) is 21.8. The molecule has 0 saturated carbocycles. The molecule has 0 aliphatic carbocycles. The number of hydrogen-bond donors (Lipinski definition) is 2. The highest BCUT2D eigenvalue weighted by Crippen LogP contribution is 2.25. The van der Waals surface area contributed by atoms with Crippen LogP contribution < -0.4 is 10.6 Å². The van der Waals surface area contributed by atoms with Crippen LogP contribution in [0.5, 0.6) is 0 Å². The first-order valence-electron chi connectivity index (χ1n) is 11.8. The van der Waals surface area contributed by atoms with Crippen LogP contribution in [0.15, 0.2) is 18.2 Å². The fourth-order valence-corrected chi connectivity index (χ4v) is 3.39. The minimum Gasteiger partial charge on any atom is -0.444 e. The van der Waals surface area contributed by atoms with Crippen LogP contribution in [-0.4, -0.2) is 47.5 Å². The van der Waals surface area contributed by atoms with E-state index in [1.54, 1.807) is 40.7 Å². The Balaban J connectivity index is 3.41. The molecular formula is C26H40N4O4. The van der Waals surface area contributed by atoms with Crippen molar-refractivity contribution in [2.75, 3.05) is 13.1 Å². The van der Waals surface area contributed by atoms with Crippen molar-refractivity contribution in [1.82, 2.24) is 15.5 Å². The summed E-state index contributed by atoms with van der Waals surface area (Å²) in [7, 11) is 0. The summed E-state index contributed by atoms with van der Waals surface area (Å²) < 4.78 is 5.33. The zero-order valence-electron chi connectivity index (χ0n) is 21.8. The maximum absolute atomic E-state index is 13.7. The van der Waals surface area contributed by atoms with Crippen molar-refractivity contribution in [3.8, 4) is 6.07 Å². The molecule has 8 heteroatoms. The Hall–Kier alpha value is -3.08. The summed E-state index contributed by atoms with van der Waals surface area (Å²) in [5.74, 6) is -1.18. The van der Waals surface area contributed by atoms with E-state index in [9.17, 15) is 19.6 Å². The zero-order chi connectivity index (χ0) is 26.1. The molecule has 0 bridgehead atoms. The summed E-state index contributed by atoms with van der Waals surface area (Å²) in [5.41, 5.74) is 1.90. The van der Waals surface area contributed by atoms with E-state index in [-0.39, 0.29) is 18.4 Å². The molecule has 2 atom stereocenters. The van der Waals surface area contributed by atoms with Gasteiger partial charge in [0.05, 0.1) is 6.07 Å². The minimum atomic E-state index is -1.01. The van der Waals surface area contributed by atoms with Crippen molar-refractivity contribution >= 4 is 17.9 Å². The predicted octanol–water partition coefficient (Wildman–Crippen LogP) is 4.16. The van der Waals surface area contributed by atoms with Crippen molar-refractivity contribution in [2.24, 2.45) is 5.92 Å². The lowest BCUT2D eigenvalue weighted by atomic mass is 9.96. The first-order chi connectivity index (χ1) is 15.8. The van der Waals surface area contributed by atoms with Crippen molar-refractivity contribution in [2.45, 2.75) is 85.9 Å². The molecule has 0 aliphatic heterocycles. The molecule has 34 heavy (non-hydrogen) atoms. The van der Waals surface area contributed by atoms with Crippen LogP contribution in [0.2, 0.25) is 0 Å². The van der Waals surface area contributed by atoms with Crippen molar-refractivity contribution in [3.63, 3.8) is 0 Å². The Morgan fingerprint density at radius 2 is 1.79 bits per heavy atom. The lowest BCUT2D eigenvalue weighted by Crippen LogP contribution is -2.55. The Morgan fingerprint density at radius 1 is 1.15 bits per heavy atom. The van der Waals surface area contributed by atoms with Gasteiger partial charge in [0.1, 0.15) is 24.2 Å². The van der Waals surface area contributed by atoms with Gasteiger partial charge in [-0.2, -0.15) is 5.26 Å². The van der Waals surface area contributed by atoms with Crippen LogP contribution in [0.1, 0.15) is 77.1 Å². The van der Waals surface area contributed by atoms with Crippen LogP contribution in [0.25, 0.3) is 0 Å². The van der Waals surface area contributed by atoms with Crippen LogP contribution in [-0.2, 0) is 14.3 Å². The lowest BCUT2D eigenvalue weighted by Gasteiger charge is -2.34. The van der Waals surface area contributed by atoms with E-state index in [2.05, 4.69) is 10.6 Å². The SMILES string of the molecule is CCCCNC(=O)C(c1ccc(C)c(C)c1)N(CC#N)C(=O)C(NC(=O)OC(C)(C)C)C(C)C. The summed E-state index contributed by atoms with van der Waals surface area (Å²) in [5, 5.41) is 15.1. The molecule has 0 fully saturated rings. The molecule has 0 spiro atoms. The molecule has 3 amide bonds. The Morgan fingerprint density at radius 3 is 2.29 bits per heavy atom. The first-order valence-corrected chi connectivity index (χ1v) is 11.8. The Kier molecular flexibility index (Phi) is 11.0. The summed E-state index contributed by atoms with van der Waals surface area (Å²) in [6.07, 6.45) is 0.975. The van der Waals surface area contributed by atoms with E-state index in [1.807, 2.05) is 39.0 Å². The molecule has 0 heterocycles. The fraction of sp³-hybridized carbons (Fsp3) is 0.615. The van der Waals surface area contributed by atoms with Gasteiger partial charge >= 0.3 is 6.09 Å². The van der Waals surface area contributed by atoms with Crippen LogP contribution in [0.3, 0.4) is 0 Å². The van der Waals surface area contributed by atoms with Gasteiger partial charge in [-0.15, -0.1) is 0 Å². The van der Waals surface area contributed by atoms with E-state index in [0.717, 1.165) is 24.0 Å². The molecule has 1 rings (SSSR count). The maximum atomic E-state index is 13.7. The number of nitrogens with zero attached hydrogens (tertiary/aromatic N) is 2. The van der Waals surface area contributed by atoms with E-state index >= 15 is 0 Å². The lowest BCUT2D eigenvalue weighted by molar-refractivity contribution is -0.142. The van der Waals surface area contributed by atoms with Crippen molar-refractivity contribution < 1.29 is 19.1 Å². The molecule has 188 valence electrons. The minimum absolute atomic E-state index is 0.301. The van der Waals surface area contributed by atoms with Gasteiger partial charge in [-0.1, -0.05) is 45.4 Å². The quantitative estimate of drug-likeness (QED) is 0.392. The molecular weight excluding hydrogens is 432 g/mol. The Bertz CT molecular complexity index is 899. The average molecular weight is 473 g/mol. The highest BCUT2D eigenvalue weighted by molar-refractivity contribution is 5.92. The van der Waals surface area contributed by atoms with E-state index in [0.29, 0.717) is 12.1 Å². The first kappa shape index (κ1) is 29.0. The number of alkyl carbamates (subject to hydrolysis) is 1. The largest absolute Gasteiger partial charge is 0.444 e. The van der Waals surface area contributed by atoms with Crippen molar-refractivity contribution in [1.29, 1.82) is 5.26 Å². The third-order valence-corrected chi connectivity index (χ3v) is 5.37. The van der Waals surface area contributed by atoms with Gasteiger partial charge < -0.3 is 20.3 Å². The number of amides is 3. The monoisotopic (exact) mass is 472 g/mol. The van der Waals surface area contributed by atoms with Crippen LogP contribution >= 0.6 is 0 Å². The third-order valence-electron chi connectivity index (χ3n) is 5.37. The molecule has 0 aliphatic rings. The fourth-order valence-electron chi connectivity index (χ4n) is 3.39. The topological polar surface area (TPSA) is 112 Å². The molecule has 0 aromatic heterocycles. The highest BCUT2D eigenvalue weighted by Gasteiger charge is 2.37. The smallest absolute Gasteiger partial charge is 0.408 e. The van der Waals surface area contributed by atoms with Crippen LogP contribution in [0, 0.1) is 31.1 Å². The molecule has 8 nitrogen and oxygen atoms in total. The highest BCUT2D eigenvalue weighted by atomic mass is 16.6. The normalized spacial score (nSPS) is 12.9. The summed E-state index contributed by atoms with van der Waals surface area (Å²) in [6.45, 7) is 14.9. The molecule has 1 aromatic carbocycles. The van der Waals surface area contributed by atoms with E-state index in [1.165, 1.54) is 4.90 Å². The second kappa shape index (κ2) is 13.0. The van der Waals surface area contributed by atoms with Gasteiger partial charge in [0.25, 0.3) is 0 Å². The average Bonchev–Trinajstić information content (AvgIpc) is 2.72. The molecule has 0 saturated heterocycles. The number of nitriles is 1.